The zero-order valence-corrected chi connectivity index (χ0v) is 13.1. The van der Waals surface area contributed by atoms with Gasteiger partial charge in [-0.15, -0.1) is 5.73 Å². The minimum atomic E-state index is -0.972. The minimum absolute atomic E-state index is 0.179. The van der Waals surface area contributed by atoms with Crippen LogP contribution in [0.15, 0.2) is 48.7 Å². The van der Waals surface area contributed by atoms with Crippen molar-refractivity contribution in [3.05, 3.63) is 65.9 Å². The average molecular weight is 329 g/mol. The third-order valence-electron chi connectivity index (χ3n) is 3.85. The van der Waals surface area contributed by atoms with E-state index in [-0.39, 0.29) is 24.9 Å². The summed E-state index contributed by atoms with van der Waals surface area (Å²) >= 11 is 0. The number of hydrogen-bond donors (Lipinski definition) is 0. The van der Waals surface area contributed by atoms with E-state index >= 15 is 0 Å². The van der Waals surface area contributed by atoms with E-state index in [1.165, 1.54) is 10.8 Å². The van der Waals surface area contributed by atoms with Crippen molar-refractivity contribution in [1.82, 2.24) is 15.0 Å². The molecule has 0 bridgehead atoms. The van der Waals surface area contributed by atoms with Gasteiger partial charge in [0.15, 0.2) is 5.60 Å². The SMILES string of the molecule is C=C=CC1(OC(=O)c2c(F)nnn2[C@H](C)c2ccccc2)COC1. The highest BCUT2D eigenvalue weighted by molar-refractivity contribution is 5.88. The standard InChI is InChI=1S/C17H16FN3O3/c1-3-9-17(10-23-11-17)24-16(22)14-15(18)19-20-21(14)12(2)13-7-5-4-6-8-13/h4-9,12H,1,10-11H2,2H3/t12-/m1/s1. The summed E-state index contributed by atoms with van der Waals surface area (Å²) in [5.41, 5.74) is 2.15. The van der Waals surface area contributed by atoms with E-state index in [2.05, 4.69) is 22.6 Å². The largest absolute Gasteiger partial charge is 0.444 e. The van der Waals surface area contributed by atoms with Crippen molar-refractivity contribution in [3.63, 3.8) is 0 Å². The first-order chi connectivity index (χ1) is 11.6. The average Bonchev–Trinajstić information content (AvgIpc) is 2.94. The molecule has 2 heterocycles. The number of rotatable bonds is 5. The molecule has 124 valence electrons. The maximum absolute atomic E-state index is 14.1. The van der Waals surface area contributed by atoms with Crippen LogP contribution in [0.4, 0.5) is 4.39 Å². The number of hydrogen-bond acceptors (Lipinski definition) is 5. The van der Waals surface area contributed by atoms with Crippen LogP contribution < -0.4 is 0 Å². The van der Waals surface area contributed by atoms with Crippen LogP contribution in [0.2, 0.25) is 0 Å². The fraction of sp³-hybridized carbons (Fsp3) is 0.294. The molecule has 0 radical (unpaired) electrons. The molecule has 1 aliphatic rings. The van der Waals surface area contributed by atoms with Crippen LogP contribution in [0, 0.1) is 5.95 Å². The quantitative estimate of drug-likeness (QED) is 0.622. The van der Waals surface area contributed by atoms with Crippen LogP contribution in [0.25, 0.3) is 0 Å². The lowest BCUT2D eigenvalue weighted by atomic mass is 10.0. The molecule has 0 saturated carbocycles. The van der Waals surface area contributed by atoms with Crippen molar-refractivity contribution in [1.29, 1.82) is 0 Å². The maximum atomic E-state index is 14.1. The van der Waals surface area contributed by atoms with E-state index in [4.69, 9.17) is 9.47 Å². The highest BCUT2D eigenvalue weighted by atomic mass is 19.1. The predicted octanol–water partition coefficient (Wildman–Crippen LogP) is 2.29. The molecule has 1 saturated heterocycles. The van der Waals surface area contributed by atoms with Crippen molar-refractivity contribution in [2.75, 3.05) is 13.2 Å². The van der Waals surface area contributed by atoms with Gasteiger partial charge in [-0.2, -0.15) is 4.39 Å². The number of aromatic nitrogens is 3. The van der Waals surface area contributed by atoms with Crippen molar-refractivity contribution in [2.45, 2.75) is 18.6 Å². The minimum Gasteiger partial charge on any atom is -0.444 e. The fourth-order valence-corrected chi connectivity index (χ4v) is 2.49. The highest BCUT2D eigenvalue weighted by Gasteiger charge is 2.42. The Bertz CT molecular complexity index is 793. The zero-order chi connectivity index (χ0) is 17.2. The summed E-state index contributed by atoms with van der Waals surface area (Å²) in [6.07, 6.45) is 1.50. The lowest BCUT2D eigenvalue weighted by Gasteiger charge is -2.37. The van der Waals surface area contributed by atoms with Gasteiger partial charge in [-0.05, 0) is 12.5 Å². The predicted molar refractivity (Wildman–Crippen MR) is 82.9 cm³/mol. The van der Waals surface area contributed by atoms with Gasteiger partial charge in [0.25, 0.3) is 5.95 Å². The summed E-state index contributed by atoms with van der Waals surface area (Å²) in [6, 6.07) is 8.92. The summed E-state index contributed by atoms with van der Waals surface area (Å²) in [6.45, 7) is 5.63. The number of carbonyl (C=O) groups excluding carboxylic acids is 1. The summed E-state index contributed by atoms with van der Waals surface area (Å²) in [7, 11) is 0. The number of benzene rings is 1. The molecule has 1 atom stereocenters. The van der Waals surface area contributed by atoms with Gasteiger partial charge in [-0.3, -0.25) is 0 Å². The first-order valence-electron chi connectivity index (χ1n) is 7.40. The van der Waals surface area contributed by atoms with Gasteiger partial charge in [0.2, 0.25) is 5.69 Å². The Hall–Kier alpha value is -2.76. The number of ether oxygens (including phenoxy) is 2. The number of esters is 1. The van der Waals surface area contributed by atoms with E-state index in [0.717, 1.165) is 5.56 Å². The van der Waals surface area contributed by atoms with Gasteiger partial charge in [-0.1, -0.05) is 47.2 Å². The Labute approximate surface area is 138 Å². The van der Waals surface area contributed by atoms with Gasteiger partial charge < -0.3 is 9.47 Å². The third-order valence-corrected chi connectivity index (χ3v) is 3.85. The molecule has 7 heteroatoms. The summed E-state index contributed by atoms with van der Waals surface area (Å²) in [5, 5.41) is 7.13. The second kappa shape index (κ2) is 6.39. The molecular weight excluding hydrogens is 313 g/mol. The van der Waals surface area contributed by atoms with Crippen LogP contribution in [-0.4, -0.2) is 39.8 Å². The first-order valence-corrected chi connectivity index (χ1v) is 7.40. The van der Waals surface area contributed by atoms with Crippen LogP contribution in [0.5, 0.6) is 0 Å². The van der Waals surface area contributed by atoms with Gasteiger partial charge in [0.1, 0.15) is 0 Å². The van der Waals surface area contributed by atoms with Crippen molar-refractivity contribution in [3.8, 4) is 0 Å². The Morgan fingerprint density at radius 2 is 2.21 bits per heavy atom. The molecule has 1 aromatic carbocycles. The summed E-state index contributed by atoms with van der Waals surface area (Å²) < 4.78 is 25.8. The molecule has 0 unspecified atom stereocenters. The molecule has 0 spiro atoms. The smallest absolute Gasteiger partial charge is 0.362 e. The Kier molecular flexibility index (Phi) is 4.29. The normalized spacial score (nSPS) is 16.6. The molecule has 1 fully saturated rings. The van der Waals surface area contributed by atoms with Crippen LogP contribution >= 0.6 is 0 Å². The zero-order valence-electron chi connectivity index (χ0n) is 13.1. The maximum Gasteiger partial charge on any atom is 0.362 e. The first kappa shape index (κ1) is 16.1. The molecule has 24 heavy (non-hydrogen) atoms. The van der Waals surface area contributed by atoms with Gasteiger partial charge >= 0.3 is 5.97 Å². The Morgan fingerprint density at radius 1 is 1.50 bits per heavy atom. The van der Waals surface area contributed by atoms with Gasteiger partial charge in [0.05, 0.1) is 19.3 Å². The van der Waals surface area contributed by atoms with Gasteiger partial charge in [0, 0.05) is 6.08 Å². The molecule has 1 aromatic heterocycles. The molecule has 0 amide bonds. The van der Waals surface area contributed by atoms with E-state index in [1.807, 2.05) is 30.3 Å². The van der Waals surface area contributed by atoms with Crippen LogP contribution in [0.3, 0.4) is 0 Å². The van der Waals surface area contributed by atoms with E-state index in [0.29, 0.717) is 0 Å². The lowest BCUT2D eigenvalue weighted by molar-refractivity contribution is -0.152. The molecule has 0 N–H and O–H groups in total. The van der Waals surface area contributed by atoms with Crippen molar-refractivity contribution in [2.24, 2.45) is 0 Å². The number of carbonyl (C=O) groups is 1. The second-order valence-electron chi connectivity index (χ2n) is 5.56. The highest BCUT2D eigenvalue weighted by Crippen LogP contribution is 2.26. The van der Waals surface area contributed by atoms with Crippen LogP contribution in [0.1, 0.15) is 29.0 Å². The third kappa shape index (κ3) is 2.87. The lowest BCUT2D eigenvalue weighted by Crippen LogP contribution is -2.51. The Morgan fingerprint density at radius 3 is 2.79 bits per heavy atom. The van der Waals surface area contributed by atoms with E-state index in [9.17, 15) is 9.18 Å². The van der Waals surface area contributed by atoms with Crippen LogP contribution in [-0.2, 0) is 9.47 Å². The number of halogens is 1. The molecule has 1 aliphatic heterocycles. The molecule has 2 aromatic rings. The second-order valence-corrected chi connectivity index (χ2v) is 5.56. The topological polar surface area (TPSA) is 66.2 Å². The molecular formula is C17H16FN3O3. The molecule has 6 nitrogen and oxygen atoms in total. The van der Waals surface area contributed by atoms with E-state index < -0.39 is 17.5 Å². The Balaban J connectivity index is 1.90. The van der Waals surface area contributed by atoms with E-state index in [1.54, 1.807) is 6.92 Å². The number of nitrogens with zero attached hydrogens (tertiary/aromatic N) is 3. The van der Waals surface area contributed by atoms with Crippen molar-refractivity contribution < 1.29 is 18.7 Å². The monoisotopic (exact) mass is 329 g/mol. The molecule has 0 aliphatic carbocycles. The fourth-order valence-electron chi connectivity index (χ4n) is 2.49. The van der Waals surface area contributed by atoms with Crippen molar-refractivity contribution >= 4 is 5.97 Å². The molecule has 3 rings (SSSR count). The summed E-state index contributed by atoms with van der Waals surface area (Å²) in [5.74, 6) is -1.82. The van der Waals surface area contributed by atoms with Gasteiger partial charge in [-0.25, -0.2) is 9.48 Å². The summed E-state index contributed by atoms with van der Waals surface area (Å²) in [4.78, 5) is 12.5.